The number of hydrogen-bond donors (Lipinski definition) is 3. The van der Waals surface area contributed by atoms with Crippen LogP contribution in [0.15, 0.2) is 41.5 Å². The molecule has 3 rings (SSSR count). The number of nitrogens with one attached hydrogen (secondary N) is 2. The standard InChI is InChI=1S/C15H10BF4N3O2/c17-9-2-4-11(12(5-9)15(18,19)20)14(24)22-10-3-1-8-7-21-23-16(25)13(8)6-10/h1-7,23,25H,(H,22,24). The number of benzene rings is 2. The third-order valence-electron chi connectivity index (χ3n) is 3.57. The van der Waals surface area contributed by atoms with Gasteiger partial charge >= 0.3 is 13.2 Å². The maximum Gasteiger partial charge on any atom is 0.464 e. The maximum atomic E-state index is 13.1. The number of hydrazone groups is 1. The van der Waals surface area contributed by atoms with Crippen molar-refractivity contribution in [3.8, 4) is 0 Å². The topological polar surface area (TPSA) is 73.7 Å². The second kappa shape index (κ2) is 6.21. The summed E-state index contributed by atoms with van der Waals surface area (Å²) in [4.78, 5) is 12.2. The Morgan fingerprint density at radius 2 is 1.96 bits per heavy atom. The molecule has 1 aliphatic heterocycles. The van der Waals surface area contributed by atoms with Crippen LogP contribution in [0.25, 0.3) is 0 Å². The van der Waals surface area contributed by atoms with Crippen LogP contribution in [-0.2, 0) is 6.18 Å². The summed E-state index contributed by atoms with van der Waals surface area (Å²) in [6.07, 6.45) is -3.42. The maximum absolute atomic E-state index is 13.1. The fourth-order valence-corrected chi connectivity index (χ4v) is 2.40. The van der Waals surface area contributed by atoms with E-state index in [4.69, 9.17) is 0 Å². The molecule has 2 aromatic rings. The molecule has 0 saturated carbocycles. The number of carbonyl (C=O) groups excluding carboxylic acids is 1. The molecule has 25 heavy (non-hydrogen) atoms. The first-order chi connectivity index (χ1) is 11.8. The average Bonchev–Trinajstić information content (AvgIpc) is 2.54. The molecule has 0 aromatic heterocycles. The lowest BCUT2D eigenvalue weighted by atomic mass is 9.71. The molecule has 1 heterocycles. The molecule has 2 aromatic carbocycles. The summed E-state index contributed by atoms with van der Waals surface area (Å²) in [6, 6.07) is 6.24. The molecule has 128 valence electrons. The van der Waals surface area contributed by atoms with Crippen molar-refractivity contribution < 1.29 is 27.4 Å². The van der Waals surface area contributed by atoms with Crippen LogP contribution in [-0.4, -0.2) is 24.2 Å². The van der Waals surface area contributed by atoms with Gasteiger partial charge in [-0.25, -0.2) is 4.39 Å². The zero-order valence-corrected chi connectivity index (χ0v) is 12.4. The molecule has 0 radical (unpaired) electrons. The first-order valence-corrected chi connectivity index (χ1v) is 7.04. The molecule has 1 amide bonds. The van der Waals surface area contributed by atoms with Crippen LogP contribution >= 0.6 is 0 Å². The van der Waals surface area contributed by atoms with Crippen molar-refractivity contribution in [2.75, 3.05) is 5.32 Å². The van der Waals surface area contributed by atoms with Crippen LogP contribution in [0.3, 0.4) is 0 Å². The highest BCUT2D eigenvalue weighted by atomic mass is 19.4. The first kappa shape index (κ1) is 17.0. The van der Waals surface area contributed by atoms with Gasteiger partial charge in [-0.05, 0) is 41.4 Å². The number of alkyl halides is 3. The van der Waals surface area contributed by atoms with Gasteiger partial charge in [-0.15, -0.1) is 0 Å². The normalized spacial score (nSPS) is 13.2. The van der Waals surface area contributed by atoms with E-state index >= 15 is 0 Å². The summed E-state index contributed by atoms with van der Waals surface area (Å²) in [7, 11) is -1.10. The summed E-state index contributed by atoms with van der Waals surface area (Å²) in [5.74, 6) is -2.13. The molecule has 3 N–H and O–H groups in total. The first-order valence-electron chi connectivity index (χ1n) is 7.04. The lowest BCUT2D eigenvalue weighted by Crippen LogP contribution is -2.47. The number of hydrogen-bond acceptors (Lipinski definition) is 4. The Labute approximate surface area is 139 Å². The van der Waals surface area contributed by atoms with E-state index in [1.165, 1.54) is 18.3 Å². The van der Waals surface area contributed by atoms with Gasteiger partial charge in [0.25, 0.3) is 5.91 Å². The van der Waals surface area contributed by atoms with Crippen molar-refractivity contribution in [3.05, 3.63) is 58.9 Å². The van der Waals surface area contributed by atoms with E-state index in [1.807, 2.05) is 0 Å². The predicted molar refractivity (Wildman–Crippen MR) is 84.1 cm³/mol. The number of carbonyl (C=O) groups is 1. The number of nitrogens with zero attached hydrogens (tertiary/aromatic N) is 1. The van der Waals surface area contributed by atoms with Gasteiger partial charge in [0.15, 0.2) is 0 Å². The second-order valence-electron chi connectivity index (χ2n) is 5.28. The zero-order valence-electron chi connectivity index (χ0n) is 12.4. The lowest BCUT2D eigenvalue weighted by Gasteiger charge is -2.16. The SMILES string of the molecule is O=C(Nc1ccc2c(c1)B(O)NN=C2)c1ccc(F)cc1C(F)(F)F. The Hall–Kier alpha value is -2.88. The third kappa shape index (κ3) is 3.48. The van der Waals surface area contributed by atoms with Gasteiger partial charge < -0.3 is 15.7 Å². The highest BCUT2D eigenvalue weighted by Crippen LogP contribution is 2.32. The Morgan fingerprint density at radius 1 is 1.20 bits per heavy atom. The van der Waals surface area contributed by atoms with Gasteiger partial charge in [-0.2, -0.15) is 18.3 Å². The van der Waals surface area contributed by atoms with E-state index in [0.29, 0.717) is 11.0 Å². The van der Waals surface area contributed by atoms with E-state index in [2.05, 4.69) is 15.8 Å². The smallest absolute Gasteiger partial charge is 0.428 e. The molecule has 10 heteroatoms. The Morgan fingerprint density at radius 3 is 2.68 bits per heavy atom. The minimum absolute atomic E-state index is 0.178. The summed E-state index contributed by atoms with van der Waals surface area (Å²) in [5, 5.41) is 18.2. The predicted octanol–water partition coefficient (Wildman–Crippen LogP) is 1.72. The summed E-state index contributed by atoms with van der Waals surface area (Å²) in [5.41, 5.74) is -0.883. The number of rotatable bonds is 2. The van der Waals surface area contributed by atoms with Crippen LogP contribution in [0.2, 0.25) is 0 Å². The van der Waals surface area contributed by atoms with Crippen molar-refractivity contribution in [3.63, 3.8) is 0 Å². The summed E-state index contributed by atoms with van der Waals surface area (Å²) < 4.78 is 52.1. The minimum atomic E-state index is -4.87. The lowest BCUT2D eigenvalue weighted by molar-refractivity contribution is -0.138. The van der Waals surface area contributed by atoms with E-state index in [0.717, 1.165) is 12.1 Å². The summed E-state index contributed by atoms with van der Waals surface area (Å²) >= 11 is 0. The Kier molecular flexibility index (Phi) is 4.21. The van der Waals surface area contributed by atoms with Gasteiger partial charge in [0, 0.05) is 5.69 Å². The molecule has 0 bridgehead atoms. The molecule has 0 unspecified atom stereocenters. The molecule has 0 atom stereocenters. The van der Waals surface area contributed by atoms with Crippen LogP contribution in [0.4, 0.5) is 23.2 Å². The molecule has 0 aliphatic carbocycles. The fraction of sp³-hybridized carbons (Fsp3) is 0.0667. The molecule has 0 saturated heterocycles. The fourth-order valence-electron chi connectivity index (χ4n) is 2.40. The van der Waals surface area contributed by atoms with Gasteiger partial charge in [0.1, 0.15) is 5.82 Å². The van der Waals surface area contributed by atoms with Gasteiger partial charge in [0.2, 0.25) is 0 Å². The van der Waals surface area contributed by atoms with Gasteiger partial charge in [-0.1, -0.05) is 6.07 Å². The largest absolute Gasteiger partial charge is 0.464 e. The van der Waals surface area contributed by atoms with Crippen molar-refractivity contribution in [1.82, 2.24) is 5.34 Å². The van der Waals surface area contributed by atoms with Crippen molar-refractivity contribution >= 4 is 30.3 Å². The van der Waals surface area contributed by atoms with Crippen LogP contribution in [0, 0.1) is 5.82 Å². The van der Waals surface area contributed by atoms with E-state index in [9.17, 15) is 27.4 Å². The number of anilines is 1. The van der Waals surface area contributed by atoms with Crippen molar-refractivity contribution in [1.29, 1.82) is 0 Å². The third-order valence-corrected chi connectivity index (χ3v) is 3.57. The molecule has 5 nitrogen and oxygen atoms in total. The quantitative estimate of drug-likeness (QED) is 0.570. The Balaban J connectivity index is 1.91. The van der Waals surface area contributed by atoms with Gasteiger partial charge in [-0.3, -0.25) is 4.79 Å². The van der Waals surface area contributed by atoms with E-state index in [1.54, 1.807) is 6.07 Å². The van der Waals surface area contributed by atoms with Crippen LogP contribution in [0.1, 0.15) is 21.5 Å². The molecule has 0 fully saturated rings. The van der Waals surface area contributed by atoms with Crippen molar-refractivity contribution in [2.45, 2.75) is 6.18 Å². The molecule has 0 spiro atoms. The zero-order chi connectivity index (χ0) is 18.2. The number of halogens is 4. The van der Waals surface area contributed by atoms with E-state index in [-0.39, 0.29) is 11.8 Å². The van der Waals surface area contributed by atoms with Crippen LogP contribution < -0.4 is 16.1 Å². The highest BCUT2D eigenvalue weighted by molar-refractivity contribution is 6.65. The highest BCUT2D eigenvalue weighted by Gasteiger charge is 2.35. The monoisotopic (exact) mass is 351 g/mol. The van der Waals surface area contributed by atoms with Gasteiger partial charge in [0.05, 0.1) is 17.3 Å². The van der Waals surface area contributed by atoms with Crippen LogP contribution in [0.5, 0.6) is 0 Å². The second-order valence-corrected chi connectivity index (χ2v) is 5.28. The molecular formula is C15H10BF4N3O2. The van der Waals surface area contributed by atoms with E-state index < -0.39 is 36.1 Å². The minimum Gasteiger partial charge on any atom is -0.428 e. The molecular weight excluding hydrogens is 341 g/mol. The average molecular weight is 351 g/mol. The molecule has 1 aliphatic rings. The number of fused-ring (bicyclic) bond motifs is 1. The summed E-state index contributed by atoms with van der Waals surface area (Å²) in [6.45, 7) is 0. The number of amides is 1. The Bertz CT molecular complexity index is 870. The van der Waals surface area contributed by atoms with Crippen molar-refractivity contribution in [2.24, 2.45) is 5.10 Å².